The quantitative estimate of drug-likeness (QED) is 0.904. The number of anilines is 2. The number of rotatable bonds is 5. The van der Waals surface area contributed by atoms with Gasteiger partial charge in [0.2, 0.25) is 5.95 Å². The molecule has 1 amide bonds. The van der Waals surface area contributed by atoms with Gasteiger partial charge in [0.1, 0.15) is 11.4 Å². The minimum atomic E-state index is -0.268. The molecule has 7 nitrogen and oxygen atoms in total. The summed E-state index contributed by atoms with van der Waals surface area (Å²) in [5, 5.41) is 2.83. The maximum Gasteiger partial charge on any atom is 0.274 e. The number of amides is 1. The molecule has 0 radical (unpaired) electrons. The molecular formula is C17H20N4O3. The van der Waals surface area contributed by atoms with Crippen LogP contribution in [0, 0.1) is 0 Å². The van der Waals surface area contributed by atoms with E-state index in [2.05, 4.69) is 15.3 Å². The molecule has 2 heterocycles. The lowest BCUT2D eigenvalue weighted by atomic mass is 10.3. The predicted octanol–water partition coefficient (Wildman–Crippen LogP) is 1.96. The zero-order valence-electron chi connectivity index (χ0n) is 13.6. The number of morpholine rings is 1. The van der Waals surface area contributed by atoms with Gasteiger partial charge < -0.3 is 19.7 Å². The highest BCUT2D eigenvalue weighted by molar-refractivity contribution is 6.03. The van der Waals surface area contributed by atoms with Crippen molar-refractivity contribution in [3.8, 4) is 5.75 Å². The van der Waals surface area contributed by atoms with Crippen LogP contribution in [0.3, 0.4) is 0 Å². The van der Waals surface area contributed by atoms with Crippen LogP contribution in [-0.4, -0.2) is 48.8 Å². The monoisotopic (exact) mass is 328 g/mol. The van der Waals surface area contributed by atoms with Gasteiger partial charge >= 0.3 is 0 Å². The minimum absolute atomic E-state index is 0.268. The van der Waals surface area contributed by atoms with E-state index in [4.69, 9.17) is 9.47 Å². The van der Waals surface area contributed by atoms with E-state index in [0.717, 1.165) is 18.8 Å². The lowest BCUT2D eigenvalue weighted by Gasteiger charge is -2.26. The zero-order chi connectivity index (χ0) is 16.8. The van der Waals surface area contributed by atoms with Crippen molar-refractivity contribution >= 4 is 17.5 Å². The zero-order valence-corrected chi connectivity index (χ0v) is 13.6. The molecule has 1 N–H and O–H groups in total. The van der Waals surface area contributed by atoms with Gasteiger partial charge in [0.05, 0.1) is 19.8 Å². The molecule has 1 saturated heterocycles. The maximum absolute atomic E-state index is 12.4. The Labute approximate surface area is 140 Å². The lowest BCUT2D eigenvalue weighted by Crippen LogP contribution is -2.37. The Morgan fingerprint density at radius 1 is 1.25 bits per heavy atom. The van der Waals surface area contributed by atoms with Gasteiger partial charge in [0.25, 0.3) is 5.91 Å². The first-order chi connectivity index (χ1) is 11.8. The van der Waals surface area contributed by atoms with Crippen molar-refractivity contribution < 1.29 is 14.3 Å². The first-order valence-corrected chi connectivity index (χ1v) is 7.96. The highest BCUT2D eigenvalue weighted by Crippen LogP contribution is 2.17. The van der Waals surface area contributed by atoms with Crippen LogP contribution in [0.1, 0.15) is 17.4 Å². The van der Waals surface area contributed by atoms with Gasteiger partial charge in [0.15, 0.2) is 0 Å². The second kappa shape index (κ2) is 7.74. The van der Waals surface area contributed by atoms with Crippen molar-refractivity contribution in [1.29, 1.82) is 0 Å². The van der Waals surface area contributed by atoms with Crippen molar-refractivity contribution in [3.05, 3.63) is 42.2 Å². The molecule has 126 valence electrons. The van der Waals surface area contributed by atoms with Crippen molar-refractivity contribution in [1.82, 2.24) is 9.97 Å². The summed E-state index contributed by atoms with van der Waals surface area (Å²) < 4.78 is 10.7. The third kappa shape index (κ3) is 3.99. The van der Waals surface area contributed by atoms with Gasteiger partial charge in [-0.1, -0.05) is 0 Å². The van der Waals surface area contributed by atoms with Gasteiger partial charge in [-0.3, -0.25) is 4.79 Å². The summed E-state index contributed by atoms with van der Waals surface area (Å²) in [6, 6.07) is 8.84. The highest BCUT2D eigenvalue weighted by Gasteiger charge is 2.16. The van der Waals surface area contributed by atoms with E-state index in [1.807, 2.05) is 24.0 Å². The summed E-state index contributed by atoms with van der Waals surface area (Å²) in [5.41, 5.74) is 1.02. The predicted molar refractivity (Wildman–Crippen MR) is 90.6 cm³/mol. The second-order valence-electron chi connectivity index (χ2n) is 5.25. The molecule has 3 rings (SSSR count). The Bertz CT molecular complexity index is 684. The highest BCUT2D eigenvalue weighted by atomic mass is 16.5. The molecule has 0 saturated carbocycles. The van der Waals surface area contributed by atoms with Crippen molar-refractivity contribution in [3.63, 3.8) is 0 Å². The molecule has 2 aromatic rings. The summed E-state index contributed by atoms with van der Waals surface area (Å²) in [5.74, 6) is 1.06. The van der Waals surface area contributed by atoms with Gasteiger partial charge in [-0.05, 0) is 37.3 Å². The number of ether oxygens (including phenoxy) is 2. The van der Waals surface area contributed by atoms with Gasteiger partial charge in [-0.2, -0.15) is 0 Å². The maximum atomic E-state index is 12.4. The molecule has 1 aromatic carbocycles. The third-order valence-electron chi connectivity index (χ3n) is 3.59. The molecule has 0 atom stereocenters. The molecule has 1 aromatic heterocycles. The summed E-state index contributed by atoms with van der Waals surface area (Å²) in [4.78, 5) is 23.0. The molecule has 0 spiro atoms. The molecular weight excluding hydrogens is 308 g/mol. The van der Waals surface area contributed by atoms with E-state index in [1.165, 1.54) is 0 Å². The number of nitrogens with zero attached hydrogens (tertiary/aromatic N) is 3. The van der Waals surface area contributed by atoms with E-state index >= 15 is 0 Å². The molecule has 1 fully saturated rings. The minimum Gasteiger partial charge on any atom is -0.494 e. The van der Waals surface area contributed by atoms with E-state index in [9.17, 15) is 4.79 Å². The standard InChI is InChI=1S/C17H20N4O3/c1-2-24-14-5-3-13(4-6-14)19-16(22)15-7-8-18-17(20-15)21-9-11-23-12-10-21/h3-8H,2,9-12H2,1H3,(H,19,22). The molecule has 0 unspecified atom stereocenters. The summed E-state index contributed by atoms with van der Waals surface area (Å²) in [6.07, 6.45) is 1.60. The van der Waals surface area contributed by atoms with Crippen LogP contribution >= 0.6 is 0 Å². The van der Waals surface area contributed by atoms with E-state index in [1.54, 1.807) is 24.4 Å². The average molecular weight is 328 g/mol. The van der Waals surface area contributed by atoms with Crippen LogP contribution in [0.25, 0.3) is 0 Å². The number of hydrogen-bond acceptors (Lipinski definition) is 6. The molecule has 1 aliphatic heterocycles. The molecule has 7 heteroatoms. The van der Waals surface area contributed by atoms with Crippen LogP contribution in [0.15, 0.2) is 36.5 Å². The number of hydrogen-bond donors (Lipinski definition) is 1. The summed E-state index contributed by atoms with van der Waals surface area (Å²) in [7, 11) is 0. The SMILES string of the molecule is CCOc1ccc(NC(=O)c2ccnc(N3CCOCC3)n2)cc1. The first-order valence-electron chi connectivity index (χ1n) is 7.96. The van der Waals surface area contributed by atoms with Crippen molar-refractivity contribution in [2.24, 2.45) is 0 Å². The number of benzene rings is 1. The molecule has 1 aliphatic rings. The molecule has 0 bridgehead atoms. The Kier molecular flexibility index (Phi) is 5.22. The van der Waals surface area contributed by atoms with Gasteiger partial charge in [0, 0.05) is 25.0 Å². The van der Waals surface area contributed by atoms with Crippen LogP contribution in [0.4, 0.5) is 11.6 Å². The Hall–Kier alpha value is -2.67. The topological polar surface area (TPSA) is 76.6 Å². The number of nitrogens with one attached hydrogen (secondary N) is 1. The fraction of sp³-hybridized carbons (Fsp3) is 0.353. The van der Waals surface area contributed by atoms with Gasteiger partial charge in [-0.25, -0.2) is 9.97 Å². The van der Waals surface area contributed by atoms with Crippen LogP contribution < -0.4 is 15.0 Å². The third-order valence-corrected chi connectivity index (χ3v) is 3.59. The number of carbonyl (C=O) groups is 1. The first kappa shape index (κ1) is 16.2. The normalized spacial score (nSPS) is 14.3. The Morgan fingerprint density at radius 2 is 2.00 bits per heavy atom. The molecule has 0 aliphatic carbocycles. The molecule has 24 heavy (non-hydrogen) atoms. The fourth-order valence-corrected chi connectivity index (χ4v) is 2.39. The number of aromatic nitrogens is 2. The Morgan fingerprint density at radius 3 is 2.71 bits per heavy atom. The Balaban J connectivity index is 1.68. The van der Waals surface area contributed by atoms with Crippen LogP contribution in [-0.2, 0) is 4.74 Å². The summed E-state index contributed by atoms with van der Waals surface area (Å²) in [6.45, 7) is 5.28. The van der Waals surface area contributed by atoms with Gasteiger partial charge in [-0.15, -0.1) is 0 Å². The van der Waals surface area contributed by atoms with Crippen LogP contribution in [0.2, 0.25) is 0 Å². The largest absolute Gasteiger partial charge is 0.494 e. The smallest absolute Gasteiger partial charge is 0.274 e. The van der Waals surface area contributed by atoms with Crippen molar-refractivity contribution in [2.45, 2.75) is 6.92 Å². The van der Waals surface area contributed by atoms with E-state index in [-0.39, 0.29) is 5.91 Å². The summed E-state index contributed by atoms with van der Waals surface area (Å²) >= 11 is 0. The second-order valence-corrected chi connectivity index (χ2v) is 5.25. The number of carbonyl (C=O) groups excluding carboxylic acids is 1. The van der Waals surface area contributed by atoms with Crippen molar-refractivity contribution in [2.75, 3.05) is 43.1 Å². The average Bonchev–Trinajstić information content (AvgIpc) is 2.64. The van der Waals surface area contributed by atoms with E-state index < -0.39 is 0 Å². The van der Waals surface area contributed by atoms with Crippen LogP contribution in [0.5, 0.6) is 5.75 Å². The fourth-order valence-electron chi connectivity index (χ4n) is 2.39. The lowest BCUT2D eigenvalue weighted by molar-refractivity contribution is 0.102. The van der Waals surface area contributed by atoms with E-state index in [0.29, 0.717) is 37.2 Å².